The second-order valence-corrected chi connectivity index (χ2v) is 9.32. The average Bonchev–Trinajstić information content (AvgIpc) is 3.27. The second-order valence-electron chi connectivity index (χ2n) is 9.32. The van der Waals surface area contributed by atoms with Gasteiger partial charge in [-0.2, -0.15) is 5.10 Å². The lowest BCUT2D eigenvalue weighted by atomic mass is 9.70. The summed E-state index contributed by atoms with van der Waals surface area (Å²) in [6.45, 7) is 9.09. The Balaban J connectivity index is 1.65. The van der Waals surface area contributed by atoms with Crippen molar-refractivity contribution in [3.63, 3.8) is 0 Å². The van der Waals surface area contributed by atoms with Gasteiger partial charge in [-0.1, -0.05) is 56.7 Å². The molecule has 148 valence electrons. The van der Waals surface area contributed by atoms with Gasteiger partial charge in [0.2, 0.25) is 0 Å². The summed E-state index contributed by atoms with van der Waals surface area (Å²) in [7, 11) is 0. The third kappa shape index (κ3) is 2.44. The minimum absolute atomic E-state index is 0.0121. The first-order chi connectivity index (χ1) is 13.8. The number of benzene rings is 2. The summed E-state index contributed by atoms with van der Waals surface area (Å²) in [4.78, 5) is 13.3. The van der Waals surface area contributed by atoms with Crippen molar-refractivity contribution in [1.29, 1.82) is 0 Å². The van der Waals surface area contributed by atoms with Crippen molar-refractivity contribution in [3.8, 4) is 5.69 Å². The van der Waals surface area contributed by atoms with Crippen molar-refractivity contribution >= 4 is 11.6 Å². The lowest BCUT2D eigenvalue weighted by Gasteiger charge is -2.35. The molecule has 2 bridgehead atoms. The van der Waals surface area contributed by atoms with E-state index in [0.29, 0.717) is 11.6 Å². The van der Waals surface area contributed by atoms with Gasteiger partial charge in [0.25, 0.3) is 5.91 Å². The number of hydrogen-bond donors (Lipinski definition) is 1. The number of hydrogen-bond acceptors (Lipinski definition) is 2. The fourth-order valence-electron chi connectivity index (χ4n) is 5.47. The molecule has 1 amide bonds. The predicted octanol–water partition coefficient (Wildman–Crippen LogP) is 5.61. The number of nitrogens with one attached hydrogen (secondary N) is 1. The third-order valence-corrected chi connectivity index (χ3v) is 7.54. The fraction of sp³-hybridized carbons (Fsp3) is 0.360. The summed E-state index contributed by atoms with van der Waals surface area (Å²) in [6.07, 6.45) is 2.25. The Morgan fingerprint density at radius 3 is 2.45 bits per heavy atom. The van der Waals surface area contributed by atoms with Gasteiger partial charge in [0.1, 0.15) is 0 Å². The maximum atomic E-state index is 13.3. The van der Waals surface area contributed by atoms with Crippen LogP contribution in [-0.2, 0) is 5.41 Å². The van der Waals surface area contributed by atoms with E-state index in [2.05, 4.69) is 38.2 Å². The molecule has 2 atom stereocenters. The van der Waals surface area contributed by atoms with E-state index in [-0.39, 0.29) is 16.7 Å². The maximum Gasteiger partial charge on any atom is 0.276 e. The molecule has 3 aromatic rings. The van der Waals surface area contributed by atoms with Crippen molar-refractivity contribution in [2.75, 3.05) is 5.32 Å². The SMILES string of the molecule is Cc1ccc(NC(=O)c2nn(-c3ccccc3)c3c2[C@@H]2CC[C@]3(C)C2(C)C)cc1. The first-order valence-corrected chi connectivity index (χ1v) is 10.4. The van der Waals surface area contributed by atoms with Gasteiger partial charge in [-0.25, -0.2) is 4.68 Å². The Kier molecular flexibility index (Phi) is 3.79. The van der Waals surface area contributed by atoms with E-state index >= 15 is 0 Å². The van der Waals surface area contributed by atoms with Crippen LogP contribution in [0.1, 0.15) is 66.8 Å². The Morgan fingerprint density at radius 2 is 1.76 bits per heavy atom. The highest BCUT2D eigenvalue weighted by atomic mass is 16.2. The molecule has 2 aliphatic rings. The summed E-state index contributed by atoms with van der Waals surface area (Å²) in [5.74, 6) is 0.241. The standard InChI is InChI=1S/C25H27N3O/c1-16-10-12-17(13-11-16)26-23(29)21-20-19-14-15-25(4,24(19,2)3)22(20)28(27-21)18-8-6-5-7-9-18/h5-13,19H,14-15H2,1-4H3,(H,26,29)/t19-,25-/m0/s1. The number of carbonyl (C=O) groups is 1. The van der Waals surface area contributed by atoms with Crippen LogP contribution < -0.4 is 5.32 Å². The third-order valence-electron chi connectivity index (χ3n) is 7.54. The van der Waals surface area contributed by atoms with Crippen LogP contribution >= 0.6 is 0 Å². The van der Waals surface area contributed by atoms with Crippen molar-refractivity contribution in [2.24, 2.45) is 5.41 Å². The second kappa shape index (κ2) is 6.06. The Bertz CT molecular complexity index is 1100. The fourth-order valence-corrected chi connectivity index (χ4v) is 5.47. The first kappa shape index (κ1) is 18.2. The van der Waals surface area contributed by atoms with Crippen LogP contribution in [0.4, 0.5) is 5.69 Å². The van der Waals surface area contributed by atoms with Crippen molar-refractivity contribution in [2.45, 2.75) is 51.9 Å². The zero-order chi connectivity index (χ0) is 20.4. The highest BCUT2D eigenvalue weighted by Gasteiger charge is 2.63. The smallest absolute Gasteiger partial charge is 0.276 e. The molecule has 4 nitrogen and oxygen atoms in total. The van der Waals surface area contributed by atoms with Crippen LogP contribution in [-0.4, -0.2) is 15.7 Å². The summed E-state index contributed by atoms with van der Waals surface area (Å²) >= 11 is 0. The number of aromatic nitrogens is 2. The topological polar surface area (TPSA) is 46.9 Å². The lowest BCUT2D eigenvalue weighted by molar-refractivity contribution is 0.101. The molecule has 0 saturated heterocycles. The number of aryl methyl sites for hydroxylation is 1. The lowest BCUT2D eigenvalue weighted by Crippen LogP contribution is -2.33. The number of fused-ring (bicyclic) bond motifs is 5. The van der Waals surface area contributed by atoms with Gasteiger partial charge in [0.05, 0.1) is 11.4 Å². The van der Waals surface area contributed by atoms with Crippen LogP contribution in [0.2, 0.25) is 0 Å². The van der Waals surface area contributed by atoms with E-state index in [1.807, 2.05) is 54.1 Å². The van der Waals surface area contributed by atoms with Gasteiger partial charge in [-0.3, -0.25) is 4.79 Å². The normalized spacial score (nSPS) is 23.8. The van der Waals surface area contributed by atoms with Crippen LogP contribution in [0.5, 0.6) is 0 Å². The van der Waals surface area contributed by atoms with Crippen LogP contribution in [0.25, 0.3) is 5.69 Å². The molecule has 0 aliphatic heterocycles. The van der Waals surface area contributed by atoms with Crippen LogP contribution in [0, 0.1) is 12.3 Å². The highest BCUT2D eigenvalue weighted by Crippen LogP contribution is 2.68. The van der Waals surface area contributed by atoms with Crippen molar-refractivity contribution in [3.05, 3.63) is 77.1 Å². The van der Waals surface area contributed by atoms with E-state index < -0.39 is 0 Å². The molecule has 2 aliphatic carbocycles. The number of anilines is 1. The summed E-state index contributed by atoms with van der Waals surface area (Å²) in [5, 5.41) is 7.94. The number of para-hydroxylation sites is 1. The number of rotatable bonds is 3. The molecule has 0 unspecified atom stereocenters. The van der Waals surface area contributed by atoms with Gasteiger partial charge in [-0.15, -0.1) is 0 Å². The van der Waals surface area contributed by atoms with E-state index in [0.717, 1.165) is 29.8 Å². The highest BCUT2D eigenvalue weighted by molar-refractivity contribution is 6.04. The van der Waals surface area contributed by atoms with E-state index in [1.165, 1.54) is 11.3 Å². The van der Waals surface area contributed by atoms with Gasteiger partial charge >= 0.3 is 0 Å². The molecule has 1 fully saturated rings. The zero-order valence-corrected chi connectivity index (χ0v) is 17.5. The number of amides is 1. The summed E-state index contributed by atoms with van der Waals surface area (Å²) in [6, 6.07) is 18.1. The molecule has 1 heterocycles. The molecule has 5 rings (SSSR count). The summed E-state index contributed by atoms with van der Waals surface area (Å²) < 4.78 is 2.03. The molecule has 1 N–H and O–H groups in total. The zero-order valence-electron chi connectivity index (χ0n) is 17.5. The van der Waals surface area contributed by atoms with E-state index in [4.69, 9.17) is 5.10 Å². The van der Waals surface area contributed by atoms with Crippen LogP contribution in [0.3, 0.4) is 0 Å². The molecule has 0 radical (unpaired) electrons. The molecule has 1 saturated carbocycles. The van der Waals surface area contributed by atoms with Gasteiger partial charge in [-0.05, 0) is 55.4 Å². The largest absolute Gasteiger partial charge is 0.321 e. The van der Waals surface area contributed by atoms with Crippen molar-refractivity contribution < 1.29 is 4.79 Å². The molecule has 0 spiro atoms. The Labute approximate surface area is 172 Å². The monoisotopic (exact) mass is 385 g/mol. The maximum absolute atomic E-state index is 13.3. The number of nitrogens with zero attached hydrogens (tertiary/aromatic N) is 2. The molecule has 1 aromatic heterocycles. The first-order valence-electron chi connectivity index (χ1n) is 10.4. The van der Waals surface area contributed by atoms with Crippen LogP contribution in [0.15, 0.2) is 54.6 Å². The summed E-state index contributed by atoms with van der Waals surface area (Å²) in [5.41, 5.74) is 6.06. The Morgan fingerprint density at radius 1 is 1.07 bits per heavy atom. The average molecular weight is 386 g/mol. The van der Waals surface area contributed by atoms with Crippen molar-refractivity contribution in [1.82, 2.24) is 9.78 Å². The van der Waals surface area contributed by atoms with Gasteiger partial charge < -0.3 is 5.32 Å². The minimum atomic E-state index is -0.119. The molecule has 2 aromatic carbocycles. The van der Waals surface area contributed by atoms with E-state index in [1.54, 1.807) is 0 Å². The quantitative estimate of drug-likeness (QED) is 0.637. The van der Waals surface area contributed by atoms with E-state index in [9.17, 15) is 4.79 Å². The molecule has 29 heavy (non-hydrogen) atoms. The number of carbonyl (C=O) groups excluding carboxylic acids is 1. The molecular formula is C25H27N3O. The molecular weight excluding hydrogens is 358 g/mol. The Hall–Kier alpha value is -2.88. The van der Waals surface area contributed by atoms with Gasteiger partial charge in [0, 0.05) is 16.7 Å². The minimum Gasteiger partial charge on any atom is -0.321 e. The molecule has 4 heteroatoms. The predicted molar refractivity (Wildman–Crippen MR) is 116 cm³/mol. The van der Waals surface area contributed by atoms with Gasteiger partial charge in [0.15, 0.2) is 5.69 Å².